The molecule has 17 heteroatoms. The van der Waals surface area contributed by atoms with Crippen molar-refractivity contribution in [1.82, 2.24) is 0 Å². The fraction of sp³-hybridized carbons (Fsp3) is 0.793. The third kappa shape index (κ3) is 68.9. The number of aliphatic carboxylic acids is 2. The van der Waals surface area contributed by atoms with Gasteiger partial charge in [0.15, 0.2) is 0 Å². The van der Waals surface area contributed by atoms with E-state index < -0.39 is 18.0 Å². The Morgan fingerprint density at radius 2 is 0.826 bits per heavy atom. The predicted molar refractivity (Wildman–Crippen MR) is 166 cm³/mol. The standard InChI is InChI=1S/C12H26O7.C9H20O5.C4H4O4.C4H8O/c13-1-3-15-5-7-17-9-11-19-12-10-18-8-6-16-4-2-14;1-9(11)8-14-7-6-13-5-4-12-3-2-10;5-3(6)1-2-4(7)8;1-3-4-5-2/h13-14H,1-12H2;9-11H,2-8H2,1H3;1-2H,(H,5,6)(H,7,8);3H,1,4H2,2H3. The summed E-state index contributed by atoms with van der Waals surface area (Å²) in [5, 5.41) is 49.8. The van der Waals surface area contributed by atoms with Gasteiger partial charge in [-0.15, -0.1) is 6.58 Å². The summed E-state index contributed by atoms with van der Waals surface area (Å²) in [6.45, 7) is 13.2. The molecule has 0 aliphatic carbocycles. The molecule has 46 heavy (non-hydrogen) atoms. The Morgan fingerprint density at radius 1 is 0.565 bits per heavy atom. The first kappa shape index (κ1) is 50.7. The molecule has 0 saturated carbocycles. The van der Waals surface area contributed by atoms with Crippen LogP contribution in [0.4, 0.5) is 0 Å². The molecule has 0 aromatic carbocycles. The average Bonchev–Trinajstić information content (AvgIpc) is 3.02. The Balaban J connectivity index is -0.000000284. The van der Waals surface area contributed by atoms with Crippen molar-refractivity contribution in [2.45, 2.75) is 13.0 Å². The lowest BCUT2D eigenvalue weighted by molar-refractivity contribution is -0.134. The number of methoxy groups -OCH3 is 1. The topological polar surface area (TPSA) is 239 Å². The largest absolute Gasteiger partial charge is 0.478 e. The minimum absolute atomic E-state index is 0.0359. The van der Waals surface area contributed by atoms with Gasteiger partial charge in [0.2, 0.25) is 0 Å². The summed E-state index contributed by atoms with van der Waals surface area (Å²) < 4.78 is 45.5. The highest BCUT2D eigenvalue weighted by Gasteiger charge is 1.95. The van der Waals surface area contributed by atoms with Crippen molar-refractivity contribution in [2.24, 2.45) is 0 Å². The average molecular weight is 679 g/mol. The first-order valence-electron chi connectivity index (χ1n) is 14.6. The molecule has 0 rings (SSSR count). The second-order valence-electron chi connectivity index (χ2n) is 8.14. The number of carbonyl (C=O) groups is 2. The minimum atomic E-state index is -1.26. The number of carboxylic acids is 2. The molecule has 0 aliphatic heterocycles. The van der Waals surface area contributed by atoms with Crippen LogP contribution in [0.25, 0.3) is 0 Å². The molecule has 0 aliphatic rings. The van der Waals surface area contributed by atoms with Crippen LogP contribution in [-0.4, -0.2) is 188 Å². The number of carboxylic acid groups (broad SMARTS) is 2. The normalized spacial score (nSPS) is 11.0. The van der Waals surface area contributed by atoms with Crippen LogP contribution in [0.3, 0.4) is 0 Å². The van der Waals surface area contributed by atoms with Gasteiger partial charge in [-0.1, -0.05) is 6.08 Å². The van der Waals surface area contributed by atoms with Gasteiger partial charge in [0.25, 0.3) is 0 Å². The van der Waals surface area contributed by atoms with Crippen LogP contribution in [0.15, 0.2) is 24.8 Å². The summed E-state index contributed by atoms with van der Waals surface area (Å²) >= 11 is 0. The first-order valence-corrected chi connectivity index (χ1v) is 14.6. The van der Waals surface area contributed by atoms with Gasteiger partial charge in [-0.05, 0) is 6.92 Å². The number of ether oxygens (including phenoxy) is 9. The molecule has 0 aromatic heterocycles. The van der Waals surface area contributed by atoms with Crippen molar-refractivity contribution >= 4 is 11.9 Å². The number of rotatable bonds is 30. The van der Waals surface area contributed by atoms with Crippen molar-refractivity contribution in [1.29, 1.82) is 0 Å². The molecule has 0 radical (unpaired) electrons. The maximum atomic E-state index is 9.55. The lowest BCUT2D eigenvalue weighted by Gasteiger charge is -2.07. The highest BCUT2D eigenvalue weighted by molar-refractivity contribution is 5.89. The van der Waals surface area contributed by atoms with Crippen LogP contribution in [0.2, 0.25) is 0 Å². The second-order valence-corrected chi connectivity index (χ2v) is 8.14. The second kappa shape index (κ2) is 49.8. The van der Waals surface area contributed by atoms with E-state index in [-0.39, 0.29) is 19.8 Å². The molecular formula is C29H58O17. The van der Waals surface area contributed by atoms with Crippen LogP contribution in [0.5, 0.6) is 0 Å². The molecule has 0 fully saturated rings. The van der Waals surface area contributed by atoms with E-state index in [1.165, 1.54) is 0 Å². The monoisotopic (exact) mass is 678 g/mol. The molecule has 0 saturated heterocycles. The zero-order valence-electron chi connectivity index (χ0n) is 27.3. The molecule has 0 spiro atoms. The van der Waals surface area contributed by atoms with Crippen LogP contribution in [0.1, 0.15) is 6.92 Å². The molecule has 1 atom stereocenters. The lowest BCUT2D eigenvalue weighted by Crippen LogP contribution is -2.15. The van der Waals surface area contributed by atoms with Gasteiger partial charge >= 0.3 is 11.9 Å². The van der Waals surface area contributed by atoms with E-state index in [4.69, 9.17) is 68.5 Å². The van der Waals surface area contributed by atoms with Gasteiger partial charge in [0.1, 0.15) is 0 Å². The number of aliphatic hydroxyl groups is 4. The van der Waals surface area contributed by atoms with E-state index >= 15 is 0 Å². The Kier molecular flexibility index (Phi) is 54.9. The van der Waals surface area contributed by atoms with Crippen LogP contribution in [0, 0.1) is 0 Å². The van der Waals surface area contributed by atoms with Gasteiger partial charge in [0.05, 0.1) is 138 Å². The summed E-state index contributed by atoms with van der Waals surface area (Å²) in [5.41, 5.74) is 0. The smallest absolute Gasteiger partial charge is 0.328 e. The van der Waals surface area contributed by atoms with E-state index in [1.54, 1.807) is 20.1 Å². The fourth-order valence-corrected chi connectivity index (χ4v) is 2.13. The third-order valence-corrected chi connectivity index (χ3v) is 3.95. The van der Waals surface area contributed by atoms with E-state index in [0.29, 0.717) is 124 Å². The predicted octanol–water partition coefficient (Wildman–Crippen LogP) is -1.01. The Hall–Kier alpha value is -2.10. The summed E-state index contributed by atoms with van der Waals surface area (Å²) in [6.07, 6.45) is 2.40. The summed E-state index contributed by atoms with van der Waals surface area (Å²) in [5.74, 6) is -2.51. The van der Waals surface area contributed by atoms with Crippen LogP contribution < -0.4 is 0 Å². The van der Waals surface area contributed by atoms with Crippen molar-refractivity contribution < 1.29 is 82.9 Å². The molecule has 0 amide bonds. The van der Waals surface area contributed by atoms with Crippen molar-refractivity contribution in [2.75, 3.05) is 139 Å². The molecular weight excluding hydrogens is 620 g/mol. The van der Waals surface area contributed by atoms with Gasteiger partial charge in [-0.25, -0.2) is 9.59 Å². The molecule has 0 heterocycles. The number of aliphatic hydroxyl groups excluding tert-OH is 4. The van der Waals surface area contributed by atoms with Crippen molar-refractivity contribution in [3.8, 4) is 0 Å². The summed E-state index contributed by atoms with van der Waals surface area (Å²) in [7, 11) is 1.64. The van der Waals surface area contributed by atoms with Crippen molar-refractivity contribution in [3.05, 3.63) is 24.8 Å². The van der Waals surface area contributed by atoms with Gasteiger partial charge < -0.3 is 73.3 Å². The van der Waals surface area contributed by atoms with Gasteiger partial charge in [-0.2, -0.15) is 0 Å². The van der Waals surface area contributed by atoms with Gasteiger partial charge in [-0.3, -0.25) is 0 Å². The van der Waals surface area contributed by atoms with Crippen molar-refractivity contribution in [3.63, 3.8) is 0 Å². The minimum Gasteiger partial charge on any atom is -0.478 e. The Labute approximate surface area is 272 Å². The first-order chi connectivity index (χ1) is 22.2. The molecule has 17 nitrogen and oxygen atoms in total. The highest BCUT2D eigenvalue weighted by Crippen LogP contribution is 1.85. The Bertz CT molecular complexity index is 589. The quantitative estimate of drug-likeness (QED) is 0.0303. The number of hydrogen-bond acceptors (Lipinski definition) is 15. The van der Waals surface area contributed by atoms with E-state index in [9.17, 15) is 9.59 Å². The molecule has 1 unspecified atom stereocenters. The molecule has 0 bridgehead atoms. The third-order valence-electron chi connectivity index (χ3n) is 3.95. The summed E-state index contributed by atoms with van der Waals surface area (Å²) in [6, 6.07) is 0. The van der Waals surface area contributed by atoms with Crippen LogP contribution >= 0.6 is 0 Å². The highest BCUT2D eigenvalue weighted by atomic mass is 16.6. The molecule has 6 N–H and O–H groups in total. The van der Waals surface area contributed by atoms with E-state index in [2.05, 4.69) is 11.3 Å². The van der Waals surface area contributed by atoms with E-state index in [1.807, 2.05) is 0 Å². The van der Waals surface area contributed by atoms with Crippen LogP contribution in [-0.2, 0) is 52.2 Å². The number of hydrogen-bond donors (Lipinski definition) is 6. The van der Waals surface area contributed by atoms with Gasteiger partial charge in [0, 0.05) is 19.3 Å². The maximum absolute atomic E-state index is 9.55. The van der Waals surface area contributed by atoms with E-state index in [0.717, 1.165) is 0 Å². The molecule has 276 valence electrons. The lowest BCUT2D eigenvalue weighted by atomic mass is 10.4. The SMILES string of the molecule is C=CCOC.CC(O)COCCOCCOCCO.O=C(O)C=CC(=O)O.OCCOCCOCCOCCOCCOCCO. The maximum Gasteiger partial charge on any atom is 0.328 e. The zero-order chi connectivity index (χ0) is 35.4. The summed E-state index contributed by atoms with van der Waals surface area (Å²) in [4.78, 5) is 19.1. The Morgan fingerprint density at radius 3 is 1.00 bits per heavy atom. The zero-order valence-corrected chi connectivity index (χ0v) is 27.3. The molecule has 0 aromatic rings. The fourth-order valence-electron chi connectivity index (χ4n) is 2.13.